The van der Waals surface area contributed by atoms with E-state index in [0.29, 0.717) is 45.3 Å². The molecule has 0 unspecified atom stereocenters. The van der Waals surface area contributed by atoms with Crippen LogP contribution in [0.4, 0.5) is 0 Å². The van der Waals surface area contributed by atoms with Crippen LogP contribution in [0.1, 0.15) is 43.5 Å². The van der Waals surface area contributed by atoms with Crippen molar-refractivity contribution in [2.45, 2.75) is 33.4 Å². The number of allylic oxidation sites excluding steroid dienone is 1. The van der Waals surface area contributed by atoms with Crippen molar-refractivity contribution in [3.63, 3.8) is 0 Å². The van der Waals surface area contributed by atoms with Crippen molar-refractivity contribution < 1.29 is 28.8 Å². The van der Waals surface area contributed by atoms with Gasteiger partial charge in [0.15, 0.2) is 27.8 Å². The second kappa shape index (κ2) is 13.0. The summed E-state index contributed by atoms with van der Waals surface area (Å²) in [6.45, 7) is 6.16. The molecule has 222 valence electrons. The van der Waals surface area contributed by atoms with Gasteiger partial charge in [-0.2, -0.15) is 0 Å². The van der Waals surface area contributed by atoms with Crippen LogP contribution in [0.25, 0.3) is 11.8 Å². The molecule has 3 aromatic carbocycles. The highest BCUT2D eigenvalue weighted by atomic mass is 32.1. The fourth-order valence-electron chi connectivity index (χ4n) is 4.81. The minimum Gasteiger partial charge on any atom is -0.504 e. The number of fused-ring (bicyclic) bond motifs is 1. The largest absolute Gasteiger partial charge is 0.504 e. The van der Waals surface area contributed by atoms with Gasteiger partial charge in [-0.3, -0.25) is 9.36 Å². The monoisotopic (exact) mass is 600 g/mol. The van der Waals surface area contributed by atoms with Crippen molar-refractivity contribution in [3.8, 4) is 23.0 Å². The van der Waals surface area contributed by atoms with Crippen LogP contribution in [0.15, 0.2) is 82.1 Å². The maximum absolute atomic E-state index is 13.6. The molecule has 1 atom stereocenters. The van der Waals surface area contributed by atoms with Gasteiger partial charge >= 0.3 is 5.97 Å². The lowest BCUT2D eigenvalue weighted by Crippen LogP contribution is -2.35. The molecule has 9 nitrogen and oxygen atoms in total. The molecule has 0 bridgehead atoms. The molecular formula is C33H32N2O7S. The molecule has 2 heterocycles. The van der Waals surface area contributed by atoms with Gasteiger partial charge in [0.2, 0.25) is 0 Å². The van der Waals surface area contributed by atoms with Crippen LogP contribution in [0.3, 0.4) is 0 Å². The van der Waals surface area contributed by atoms with E-state index in [0.717, 1.165) is 11.1 Å². The fourth-order valence-corrected chi connectivity index (χ4v) is 5.85. The Labute approximate surface area is 252 Å². The van der Waals surface area contributed by atoms with Crippen LogP contribution in [-0.4, -0.2) is 36.0 Å². The lowest BCUT2D eigenvalue weighted by atomic mass is 9.96. The SMILES string of the molecule is CCOC(=O)C1=C(C)n2c(s/c(=C\c3ccc(OCc4ccccc4)c(OC)c3)c2=O)=N[C@@H]1c1ccc(O)c(OCC)c1. The predicted molar refractivity (Wildman–Crippen MR) is 164 cm³/mol. The zero-order chi connectivity index (χ0) is 30.5. The summed E-state index contributed by atoms with van der Waals surface area (Å²) in [6.07, 6.45) is 1.76. The molecule has 1 aliphatic heterocycles. The van der Waals surface area contributed by atoms with Gasteiger partial charge in [-0.15, -0.1) is 0 Å². The molecule has 0 radical (unpaired) electrons. The van der Waals surface area contributed by atoms with E-state index >= 15 is 0 Å². The van der Waals surface area contributed by atoms with Crippen LogP contribution in [0, 0.1) is 0 Å². The summed E-state index contributed by atoms with van der Waals surface area (Å²) in [7, 11) is 1.57. The first kappa shape index (κ1) is 29.7. The van der Waals surface area contributed by atoms with Crippen LogP contribution in [-0.2, 0) is 16.1 Å². The first-order valence-corrected chi connectivity index (χ1v) is 14.7. The van der Waals surface area contributed by atoms with Gasteiger partial charge in [0, 0.05) is 5.70 Å². The number of ether oxygens (including phenoxy) is 4. The van der Waals surface area contributed by atoms with E-state index in [1.807, 2.05) is 55.5 Å². The number of aromatic hydroxyl groups is 1. The van der Waals surface area contributed by atoms with E-state index in [1.165, 1.54) is 22.0 Å². The van der Waals surface area contributed by atoms with E-state index in [1.54, 1.807) is 39.2 Å². The molecule has 0 amide bonds. The summed E-state index contributed by atoms with van der Waals surface area (Å²) in [5, 5.41) is 10.2. The van der Waals surface area contributed by atoms with Crippen LogP contribution in [0.5, 0.6) is 23.0 Å². The number of carbonyl (C=O) groups is 1. The maximum Gasteiger partial charge on any atom is 0.338 e. The molecule has 4 aromatic rings. The Morgan fingerprint density at radius 2 is 1.79 bits per heavy atom. The molecule has 0 fully saturated rings. The standard InChI is InChI=1S/C33H32N2O7S/c1-5-40-26-18-23(13-14-24(26)36)30-29(32(38)41-6-2)20(3)35-31(37)28(43-33(35)34-30)17-22-12-15-25(27(16-22)39-4)42-19-21-10-8-7-9-11-21/h7-18,30,36H,5-6,19H2,1-4H3/b28-17-/t30-/m1/s1. The predicted octanol–water partition coefficient (Wildman–Crippen LogP) is 4.60. The van der Waals surface area contributed by atoms with Gasteiger partial charge in [-0.05, 0) is 67.8 Å². The minimum atomic E-state index is -0.758. The topological polar surface area (TPSA) is 109 Å². The summed E-state index contributed by atoms with van der Waals surface area (Å²) in [5.41, 5.74) is 2.77. The number of aromatic nitrogens is 1. The van der Waals surface area contributed by atoms with E-state index in [9.17, 15) is 14.7 Å². The van der Waals surface area contributed by atoms with Gasteiger partial charge in [-0.1, -0.05) is 53.8 Å². The summed E-state index contributed by atoms with van der Waals surface area (Å²) >= 11 is 1.22. The van der Waals surface area contributed by atoms with E-state index in [4.69, 9.17) is 23.9 Å². The second-order valence-corrected chi connectivity index (χ2v) is 10.6. The number of phenolic OH excluding ortho intramolecular Hbond substituents is 1. The molecule has 0 saturated carbocycles. The molecule has 0 saturated heterocycles. The fraction of sp³-hybridized carbons (Fsp3) is 0.242. The molecule has 0 aliphatic carbocycles. The van der Waals surface area contributed by atoms with Gasteiger partial charge in [0.25, 0.3) is 5.56 Å². The molecule has 10 heteroatoms. The number of carbonyl (C=O) groups excluding carboxylic acids is 1. The molecule has 1 aromatic heterocycles. The van der Waals surface area contributed by atoms with Crippen molar-refractivity contribution in [2.75, 3.05) is 20.3 Å². The van der Waals surface area contributed by atoms with Crippen LogP contribution >= 0.6 is 11.3 Å². The number of rotatable bonds is 10. The highest BCUT2D eigenvalue weighted by molar-refractivity contribution is 7.07. The number of esters is 1. The quantitative estimate of drug-likeness (QED) is 0.265. The normalized spacial score (nSPS) is 14.6. The molecule has 43 heavy (non-hydrogen) atoms. The van der Waals surface area contributed by atoms with Crippen LogP contribution in [0.2, 0.25) is 0 Å². The van der Waals surface area contributed by atoms with Gasteiger partial charge in [0.1, 0.15) is 12.6 Å². The summed E-state index contributed by atoms with van der Waals surface area (Å²) in [4.78, 5) is 32.1. The molecule has 1 aliphatic rings. The number of hydrogen-bond acceptors (Lipinski definition) is 9. The van der Waals surface area contributed by atoms with Crippen molar-refractivity contribution in [3.05, 3.63) is 109 Å². The average Bonchev–Trinajstić information content (AvgIpc) is 3.32. The number of methoxy groups -OCH3 is 1. The van der Waals surface area contributed by atoms with Crippen molar-refractivity contribution in [2.24, 2.45) is 4.99 Å². The van der Waals surface area contributed by atoms with Crippen LogP contribution < -0.4 is 29.1 Å². The number of nitrogens with zero attached hydrogens (tertiary/aromatic N) is 2. The average molecular weight is 601 g/mol. The number of benzene rings is 3. The third-order valence-corrected chi connectivity index (χ3v) is 7.84. The summed E-state index contributed by atoms with van der Waals surface area (Å²) < 4.78 is 24.3. The molecule has 0 spiro atoms. The summed E-state index contributed by atoms with van der Waals surface area (Å²) in [6, 6.07) is 19.4. The van der Waals surface area contributed by atoms with Crippen molar-refractivity contribution >= 4 is 29.1 Å². The van der Waals surface area contributed by atoms with E-state index in [-0.39, 0.29) is 29.2 Å². The van der Waals surface area contributed by atoms with E-state index < -0.39 is 12.0 Å². The second-order valence-electron chi connectivity index (χ2n) is 9.63. The summed E-state index contributed by atoms with van der Waals surface area (Å²) in [5.74, 6) is 0.821. The third kappa shape index (κ3) is 6.19. The first-order valence-electron chi connectivity index (χ1n) is 13.8. The first-order chi connectivity index (χ1) is 20.8. The Kier molecular flexibility index (Phi) is 8.96. The Morgan fingerprint density at radius 1 is 1.00 bits per heavy atom. The lowest BCUT2D eigenvalue weighted by Gasteiger charge is -2.22. The minimum absolute atomic E-state index is 0.0170. The number of hydrogen-bond donors (Lipinski definition) is 1. The number of phenols is 1. The Balaban J connectivity index is 1.56. The zero-order valence-corrected chi connectivity index (χ0v) is 25.1. The van der Waals surface area contributed by atoms with Gasteiger partial charge < -0.3 is 24.1 Å². The smallest absolute Gasteiger partial charge is 0.338 e. The molecule has 5 rings (SSSR count). The highest BCUT2D eigenvalue weighted by Gasteiger charge is 2.32. The third-order valence-electron chi connectivity index (χ3n) is 6.86. The maximum atomic E-state index is 13.6. The van der Waals surface area contributed by atoms with Crippen molar-refractivity contribution in [1.82, 2.24) is 4.57 Å². The zero-order valence-electron chi connectivity index (χ0n) is 24.3. The Hall–Kier alpha value is -4.83. The molecular weight excluding hydrogens is 568 g/mol. The highest BCUT2D eigenvalue weighted by Crippen LogP contribution is 2.37. The Bertz CT molecular complexity index is 1860. The van der Waals surface area contributed by atoms with Gasteiger partial charge in [0.05, 0.1) is 30.4 Å². The lowest BCUT2D eigenvalue weighted by molar-refractivity contribution is -0.138. The Morgan fingerprint density at radius 3 is 2.51 bits per heavy atom. The van der Waals surface area contributed by atoms with Crippen molar-refractivity contribution in [1.29, 1.82) is 0 Å². The number of thiazole rings is 1. The van der Waals surface area contributed by atoms with Gasteiger partial charge in [-0.25, -0.2) is 9.79 Å². The van der Waals surface area contributed by atoms with E-state index in [2.05, 4.69) is 0 Å². The molecule has 1 N–H and O–H groups in total.